The fraction of sp³-hybridized carbons (Fsp3) is 0.143. The lowest BCUT2D eigenvalue weighted by molar-refractivity contribution is 0.474. The third kappa shape index (κ3) is 1.63. The SMILES string of the molecule is Cc1c(Br)cc(O)cc1I. The number of hydrogen-bond acceptors (Lipinski definition) is 1. The Hall–Kier alpha value is 0.230. The van der Waals surface area contributed by atoms with Gasteiger partial charge in [-0.1, -0.05) is 15.9 Å². The molecule has 0 amide bonds. The van der Waals surface area contributed by atoms with Crippen LogP contribution in [0.25, 0.3) is 0 Å². The highest BCUT2D eigenvalue weighted by atomic mass is 127. The first-order valence-electron chi connectivity index (χ1n) is 2.76. The standard InChI is InChI=1S/C7H6BrIO/c1-4-6(8)2-5(10)3-7(4)9/h2-3,10H,1H3. The second-order valence-corrected chi connectivity index (χ2v) is 4.05. The fourth-order valence-electron chi connectivity index (χ4n) is 0.632. The molecular weight excluding hydrogens is 307 g/mol. The molecule has 1 aromatic rings. The third-order valence-corrected chi connectivity index (χ3v) is 3.21. The summed E-state index contributed by atoms with van der Waals surface area (Å²) in [6.07, 6.45) is 0. The summed E-state index contributed by atoms with van der Waals surface area (Å²) in [4.78, 5) is 0. The molecule has 0 radical (unpaired) electrons. The van der Waals surface area contributed by atoms with Gasteiger partial charge in [0.05, 0.1) is 0 Å². The van der Waals surface area contributed by atoms with Gasteiger partial charge in [0.15, 0.2) is 0 Å². The van der Waals surface area contributed by atoms with Gasteiger partial charge in [0.25, 0.3) is 0 Å². The minimum absolute atomic E-state index is 0.307. The van der Waals surface area contributed by atoms with Crippen LogP contribution in [0, 0.1) is 10.5 Å². The smallest absolute Gasteiger partial charge is 0.117 e. The third-order valence-electron chi connectivity index (χ3n) is 1.27. The van der Waals surface area contributed by atoms with Crippen molar-refractivity contribution in [3.63, 3.8) is 0 Å². The molecule has 1 rings (SSSR count). The molecule has 0 spiro atoms. The van der Waals surface area contributed by atoms with Crippen LogP contribution in [-0.2, 0) is 0 Å². The van der Waals surface area contributed by atoms with Crippen LogP contribution >= 0.6 is 38.5 Å². The second kappa shape index (κ2) is 3.09. The van der Waals surface area contributed by atoms with Crippen LogP contribution < -0.4 is 0 Å². The zero-order valence-corrected chi connectivity index (χ0v) is 9.10. The van der Waals surface area contributed by atoms with Crippen molar-refractivity contribution >= 4 is 38.5 Å². The van der Waals surface area contributed by atoms with Gasteiger partial charge in [-0.05, 0) is 47.2 Å². The Bertz CT molecular complexity index is 237. The number of benzene rings is 1. The Morgan fingerprint density at radius 1 is 1.50 bits per heavy atom. The van der Waals surface area contributed by atoms with Crippen LogP contribution in [0.2, 0.25) is 0 Å². The average molecular weight is 313 g/mol. The molecule has 0 aliphatic carbocycles. The Morgan fingerprint density at radius 3 is 2.60 bits per heavy atom. The number of rotatable bonds is 0. The summed E-state index contributed by atoms with van der Waals surface area (Å²) in [5, 5.41) is 9.08. The summed E-state index contributed by atoms with van der Waals surface area (Å²) >= 11 is 5.52. The largest absolute Gasteiger partial charge is 0.508 e. The van der Waals surface area contributed by atoms with Crippen molar-refractivity contribution in [3.05, 3.63) is 25.7 Å². The summed E-state index contributed by atoms with van der Waals surface area (Å²) in [5.74, 6) is 0.307. The van der Waals surface area contributed by atoms with Gasteiger partial charge >= 0.3 is 0 Å². The van der Waals surface area contributed by atoms with Crippen molar-refractivity contribution in [2.75, 3.05) is 0 Å². The van der Waals surface area contributed by atoms with Crippen LogP contribution in [0.15, 0.2) is 16.6 Å². The number of hydrogen-bond donors (Lipinski definition) is 1. The Kier molecular flexibility index (Phi) is 2.57. The average Bonchev–Trinajstić information content (AvgIpc) is 1.82. The molecule has 0 heterocycles. The zero-order chi connectivity index (χ0) is 7.72. The van der Waals surface area contributed by atoms with Crippen molar-refractivity contribution in [2.24, 2.45) is 0 Å². The van der Waals surface area contributed by atoms with E-state index >= 15 is 0 Å². The van der Waals surface area contributed by atoms with Crippen molar-refractivity contribution in [1.82, 2.24) is 0 Å². The van der Waals surface area contributed by atoms with Crippen molar-refractivity contribution in [3.8, 4) is 5.75 Å². The van der Waals surface area contributed by atoms with Crippen molar-refractivity contribution in [2.45, 2.75) is 6.92 Å². The molecule has 0 aliphatic heterocycles. The molecule has 0 atom stereocenters. The first kappa shape index (κ1) is 8.33. The van der Waals surface area contributed by atoms with E-state index in [0.29, 0.717) is 5.75 Å². The maximum Gasteiger partial charge on any atom is 0.117 e. The predicted octanol–water partition coefficient (Wildman–Crippen LogP) is 3.07. The van der Waals surface area contributed by atoms with Crippen molar-refractivity contribution in [1.29, 1.82) is 0 Å². The maximum atomic E-state index is 9.08. The zero-order valence-electron chi connectivity index (χ0n) is 5.36. The van der Waals surface area contributed by atoms with Crippen LogP contribution in [-0.4, -0.2) is 5.11 Å². The van der Waals surface area contributed by atoms with Gasteiger partial charge < -0.3 is 5.11 Å². The van der Waals surface area contributed by atoms with Gasteiger partial charge in [0.2, 0.25) is 0 Å². The lowest BCUT2D eigenvalue weighted by Gasteiger charge is -2.00. The summed E-state index contributed by atoms with van der Waals surface area (Å²) in [7, 11) is 0. The second-order valence-electron chi connectivity index (χ2n) is 2.03. The molecule has 0 aliphatic rings. The van der Waals surface area contributed by atoms with E-state index in [0.717, 1.165) is 8.04 Å². The normalized spacial score (nSPS) is 9.90. The highest BCUT2D eigenvalue weighted by Gasteiger charge is 2.00. The molecule has 54 valence electrons. The summed E-state index contributed by atoms with van der Waals surface area (Å²) in [6.45, 7) is 2.01. The topological polar surface area (TPSA) is 20.2 Å². The molecule has 0 aromatic heterocycles. The van der Waals surface area contributed by atoms with E-state index in [1.165, 1.54) is 5.56 Å². The summed E-state index contributed by atoms with van der Waals surface area (Å²) < 4.78 is 2.03. The lowest BCUT2D eigenvalue weighted by Crippen LogP contribution is -1.80. The van der Waals surface area contributed by atoms with E-state index in [4.69, 9.17) is 5.11 Å². The molecule has 0 bridgehead atoms. The van der Waals surface area contributed by atoms with Crippen LogP contribution in [0.5, 0.6) is 5.75 Å². The molecule has 1 nitrogen and oxygen atoms in total. The van der Waals surface area contributed by atoms with Gasteiger partial charge in [-0.2, -0.15) is 0 Å². The molecule has 3 heteroatoms. The van der Waals surface area contributed by atoms with E-state index < -0.39 is 0 Å². The van der Waals surface area contributed by atoms with Gasteiger partial charge in [-0.25, -0.2) is 0 Å². The molecular formula is C7H6BrIO. The number of phenolic OH excluding ortho intramolecular Hbond substituents is 1. The molecule has 0 fully saturated rings. The van der Waals surface area contributed by atoms with E-state index in [1.807, 2.05) is 6.92 Å². The van der Waals surface area contributed by atoms with Crippen LogP contribution in [0.3, 0.4) is 0 Å². The molecule has 1 aromatic carbocycles. The number of phenols is 1. The van der Waals surface area contributed by atoms with Gasteiger partial charge in [-0.15, -0.1) is 0 Å². The monoisotopic (exact) mass is 312 g/mol. The molecule has 0 saturated heterocycles. The quantitative estimate of drug-likeness (QED) is 0.730. The van der Waals surface area contributed by atoms with Gasteiger partial charge in [-0.3, -0.25) is 0 Å². The van der Waals surface area contributed by atoms with Crippen LogP contribution in [0.4, 0.5) is 0 Å². The number of halogens is 2. The minimum atomic E-state index is 0.307. The first-order chi connectivity index (χ1) is 4.61. The van der Waals surface area contributed by atoms with Crippen molar-refractivity contribution < 1.29 is 5.11 Å². The lowest BCUT2D eigenvalue weighted by atomic mass is 10.2. The van der Waals surface area contributed by atoms with E-state index in [2.05, 4.69) is 38.5 Å². The van der Waals surface area contributed by atoms with Gasteiger partial charge in [0.1, 0.15) is 5.75 Å². The minimum Gasteiger partial charge on any atom is -0.508 e. The Labute approximate surface area is 81.7 Å². The predicted molar refractivity (Wildman–Crippen MR) is 53.3 cm³/mol. The fourth-order valence-corrected chi connectivity index (χ4v) is 2.06. The first-order valence-corrected chi connectivity index (χ1v) is 4.63. The molecule has 0 saturated carbocycles. The van der Waals surface area contributed by atoms with E-state index in [9.17, 15) is 0 Å². The van der Waals surface area contributed by atoms with E-state index in [1.54, 1.807) is 12.1 Å². The highest BCUT2D eigenvalue weighted by Crippen LogP contribution is 2.26. The highest BCUT2D eigenvalue weighted by molar-refractivity contribution is 14.1. The Morgan fingerprint density at radius 2 is 2.10 bits per heavy atom. The van der Waals surface area contributed by atoms with Crippen LogP contribution in [0.1, 0.15) is 5.56 Å². The van der Waals surface area contributed by atoms with E-state index in [-0.39, 0.29) is 0 Å². The molecule has 0 unspecified atom stereocenters. The summed E-state index contributed by atoms with van der Waals surface area (Å²) in [6, 6.07) is 3.43. The molecule has 10 heavy (non-hydrogen) atoms. The molecule has 1 N–H and O–H groups in total. The van der Waals surface area contributed by atoms with Gasteiger partial charge in [0, 0.05) is 8.04 Å². The number of aromatic hydroxyl groups is 1. The Balaban J connectivity index is 3.31. The maximum absolute atomic E-state index is 9.08. The summed E-state index contributed by atoms with van der Waals surface area (Å²) in [5.41, 5.74) is 1.17.